The molecule has 1 aromatic carbocycles. The molecule has 1 amide bonds. The van der Waals surface area contributed by atoms with Gasteiger partial charge in [0.2, 0.25) is 5.91 Å². The molecule has 4 aromatic rings. The van der Waals surface area contributed by atoms with E-state index < -0.39 is 36.0 Å². The Morgan fingerprint density at radius 2 is 1.77 bits per heavy atom. The Morgan fingerprint density at radius 3 is 2.40 bits per heavy atom. The highest BCUT2D eigenvalue weighted by Crippen LogP contribution is 2.29. The quantitative estimate of drug-likeness (QED) is 0.316. The zero-order valence-corrected chi connectivity index (χ0v) is 23.8. The number of nitrogens with zero attached hydrogens (tertiary/aromatic N) is 8. The van der Waals surface area contributed by atoms with E-state index >= 15 is 0 Å². The van der Waals surface area contributed by atoms with Gasteiger partial charge >= 0.3 is 0 Å². The van der Waals surface area contributed by atoms with E-state index in [1.54, 1.807) is 4.68 Å². The third kappa shape index (κ3) is 5.89. The number of carbonyl (C=O) groups is 1. The minimum absolute atomic E-state index is 0.0246. The van der Waals surface area contributed by atoms with Crippen LogP contribution in [0.2, 0.25) is 0 Å². The molecule has 228 valence electrons. The number of piperidine rings is 1. The summed E-state index contributed by atoms with van der Waals surface area (Å²) in [5, 5.41) is 30.1. The summed E-state index contributed by atoms with van der Waals surface area (Å²) in [4.78, 5) is 34.2. The summed E-state index contributed by atoms with van der Waals surface area (Å²) >= 11 is 0. The molecule has 2 N–H and O–H groups in total. The van der Waals surface area contributed by atoms with E-state index in [1.165, 1.54) is 40.5 Å². The van der Waals surface area contributed by atoms with E-state index in [9.17, 15) is 28.6 Å². The average molecular weight is 597 g/mol. The normalized spacial score (nSPS) is 21.2. The summed E-state index contributed by atoms with van der Waals surface area (Å²) in [5.41, 5.74) is -0.225. The minimum Gasteiger partial charge on any atom is -0.388 e. The first-order valence-electron chi connectivity index (χ1n) is 14.3. The number of likely N-dealkylation sites (tertiary alicyclic amines) is 1. The first-order valence-corrected chi connectivity index (χ1v) is 14.3. The van der Waals surface area contributed by atoms with Gasteiger partial charge in [0, 0.05) is 44.3 Å². The number of alkyl halides is 2. The summed E-state index contributed by atoms with van der Waals surface area (Å²) in [7, 11) is 0. The van der Waals surface area contributed by atoms with E-state index in [-0.39, 0.29) is 38.0 Å². The number of amides is 1. The van der Waals surface area contributed by atoms with Gasteiger partial charge in [0.05, 0.1) is 36.1 Å². The van der Waals surface area contributed by atoms with Crippen LogP contribution in [0.4, 0.5) is 14.5 Å². The Labute approximate surface area is 245 Å². The Morgan fingerprint density at radius 1 is 1.05 bits per heavy atom. The lowest BCUT2D eigenvalue weighted by molar-refractivity contribution is -0.138. The summed E-state index contributed by atoms with van der Waals surface area (Å²) in [6.07, 6.45) is 3.55. The van der Waals surface area contributed by atoms with Crippen LogP contribution in [0, 0.1) is 0 Å². The largest absolute Gasteiger partial charge is 0.388 e. The first-order chi connectivity index (χ1) is 20.5. The van der Waals surface area contributed by atoms with Gasteiger partial charge in [-0.3, -0.25) is 18.8 Å². The monoisotopic (exact) mass is 596 g/mol. The Hall–Kier alpha value is -4.17. The van der Waals surface area contributed by atoms with Crippen LogP contribution in [0.1, 0.15) is 38.6 Å². The maximum atomic E-state index is 13.6. The van der Waals surface area contributed by atoms with Crippen molar-refractivity contribution in [2.75, 3.05) is 31.1 Å². The molecule has 0 aliphatic carbocycles. The van der Waals surface area contributed by atoms with Gasteiger partial charge in [0.15, 0.2) is 5.65 Å². The van der Waals surface area contributed by atoms with Crippen molar-refractivity contribution in [2.45, 2.75) is 62.8 Å². The van der Waals surface area contributed by atoms with Crippen LogP contribution >= 0.6 is 0 Å². The van der Waals surface area contributed by atoms with Gasteiger partial charge < -0.3 is 20.0 Å². The molecule has 0 radical (unpaired) electrons. The zero-order chi connectivity index (χ0) is 30.4. The average Bonchev–Trinajstić information content (AvgIpc) is 3.74. The van der Waals surface area contributed by atoms with Gasteiger partial charge in [-0.05, 0) is 56.5 Å². The molecule has 12 nitrogen and oxygen atoms in total. The van der Waals surface area contributed by atoms with Crippen molar-refractivity contribution in [3.63, 3.8) is 0 Å². The SMILES string of the molecule is C[C@@]1(O)CCN(c2ccc(-n3ncc4c(=O)n(CC5(O)CCN(C(=O)C[C@H](C(F)F)n6cccn6)CC5)cnc43)cc2)C1. The molecule has 0 saturated carbocycles. The number of aliphatic hydroxyl groups is 2. The fourth-order valence-electron chi connectivity index (χ4n) is 5.95. The van der Waals surface area contributed by atoms with Gasteiger partial charge in [-0.15, -0.1) is 0 Å². The predicted molar refractivity (Wildman–Crippen MR) is 153 cm³/mol. The Balaban J connectivity index is 1.11. The molecular formula is C29H34F2N8O4. The maximum Gasteiger partial charge on any atom is 0.264 e. The van der Waals surface area contributed by atoms with E-state index in [1.807, 2.05) is 31.2 Å². The number of hydrogen-bond donors (Lipinski definition) is 2. The Bertz CT molecular complexity index is 1640. The van der Waals surface area contributed by atoms with Gasteiger partial charge in [-0.2, -0.15) is 10.2 Å². The van der Waals surface area contributed by atoms with Crippen LogP contribution < -0.4 is 10.5 Å². The third-order valence-electron chi connectivity index (χ3n) is 8.52. The number of fused-ring (bicyclic) bond motifs is 1. The summed E-state index contributed by atoms with van der Waals surface area (Å²) < 4.78 is 31.2. The van der Waals surface area contributed by atoms with Crippen molar-refractivity contribution in [3.8, 4) is 5.69 Å². The number of benzene rings is 1. The Kier molecular flexibility index (Phi) is 7.50. The topological polar surface area (TPSA) is 135 Å². The smallest absolute Gasteiger partial charge is 0.264 e. The van der Waals surface area contributed by atoms with Crippen molar-refractivity contribution in [1.82, 2.24) is 34.0 Å². The second-order valence-electron chi connectivity index (χ2n) is 11.9. The molecule has 0 spiro atoms. The molecular weight excluding hydrogens is 562 g/mol. The van der Waals surface area contributed by atoms with Crippen molar-refractivity contribution >= 4 is 22.6 Å². The highest BCUT2D eigenvalue weighted by molar-refractivity contribution is 5.77. The molecule has 43 heavy (non-hydrogen) atoms. The van der Waals surface area contributed by atoms with E-state index in [2.05, 4.69) is 20.1 Å². The highest BCUT2D eigenvalue weighted by atomic mass is 19.3. The van der Waals surface area contributed by atoms with Crippen molar-refractivity contribution < 1.29 is 23.8 Å². The second-order valence-corrected chi connectivity index (χ2v) is 11.9. The van der Waals surface area contributed by atoms with Crippen LogP contribution in [0.5, 0.6) is 0 Å². The van der Waals surface area contributed by atoms with Crippen LogP contribution in [0.15, 0.2) is 60.0 Å². The molecule has 14 heteroatoms. The molecule has 2 fully saturated rings. The third-order valence-corrected chi connectivity index (χ3v) is 8.52. The second kappa shape index (κ2) is 11.2. The van der Waals surface area contributed by atoms with Crippen molar-refractivity contribution in [1.29, 1.82) is 0 Å². The number of rotatable bonds is 8. The summed E-state index contributed by atoms with van der Waals surface area (Å²) in [5.74, 6) is -0.434. The summed E-state index contributed by atoms with van der Waals surface area (Å²) in [6, 6.07) is 7.84. The number of aromatic nitrogens is 6. The molecule has 0 unspecified atom stereocenters. The van der Waals surface area contributed by atoms with Gasteiger partial charge in [0.25, 0.3) is 12.0 Å². The van der Waals surface area contributed by atoms with Crippen molar-refractivity contribution in [3.05, 3.63) is 65.6 Å². The number of hydrogen-bond acceptors (Lipinski definition) is 8. The lowest BCUT2D eigenvalue weighted by Crippen LogP contribution is -2.50. The van der Waals surface area contributed by atoms with Crippen LogP contribution in [-0.4, -0.2) is 93.9 Å². The molecule has 0 bridgehead atoms. The molecule has 5 heterocycles. The van der Waals surface area contributed by atoms with Crippen LogP contribution in [0.25, 0.3) is 16.7 Å². The molecule has 2 aliphatic heterocycles. The lowest BCUT2D eigenvalue weighted by Gasteiger charge is -2.38. The first kappa shape index (κ1) is 28.9. The molecule has 2 atom stereocenters. The van der Waals surface area contributed by atoms with Gasteiger partial charge in [0.1, 0.15) is 17.8 Å². The number of carbonyl (C=O) groups excluding carboxylic acids is 1. The molecule has 2 saturated heterocycles. The van der Waals surface area contributed by atoms with E-state index in [0.717, 1.165) is 22.6 Å². The predicted octanol–water partition coefficient (Wildman–Crippen LogP) is 1.99. The number of β-amino-alcohol motifs (C(OH)–C–C–N with tert-alkyl or cyclic N) is 1. The number of halogens is 2. The summed E-state index contributed by atoms with van der Waals surface area (Å²) in [6.45, 7) is 3.49. The van der Waals surface area contributed by atoms with Crippen LogP contribution in [0.3, 0.4) is 0 Å². The highest BCUT2D eigenvalue weighted by Gasteiger charge is 2.36. The van der Waals surface area contributed by atoms with Crippen molar-refractivity contribution in [2.24, 2.45) is 0 Å². The van der Waals surface area contributed by atoms with Gasteiger partial charge in [-0.25, -0.2) is 18.4 Å². The van der Waals surface area contributed by atoms with E-state index in [4.69, 9.17) is 0 Å². The minimum atomic E-state index is -2.75. The van der Waals surface area contributed by atoms with Crippen LogP contribution in [-0.2, 0) is 11.3 Å². The van der Waals surface area contributed by atoms with Gasteiger partial charge in [-0.1, -0.05) is 0 Å². The number of anilines is 1. The maximum absolute atomic E-state index is 13.6. The zero-order valence-electron chi connectivity index (χ0n) is 23.8. The standard InChI is InChI=1S/C29H34F2N8O4/c1-28(42)7-12-36(17-28)20-3-5-21(6-4-20)39-26-22(16-34-39)27(41)37(19-32-26)18-29(43)8-13-35(14-9-29)24(40)15-23(25(30)31)38-11-2-10-33-38/h2-6,10-11,16,19,23,25,42-43H,7-9,12-15,17-18H2,1H3/t23-,28-/m1/s1. The molecule has 3 aromatic heterocycles. The fraction of sp³-hybridized carbons (Fsp3) is 0.483. The van der Waals surface area contributed by atoms with E-state index in [0.29, 0.717) is 24.0 Å². The molecule has 6 rings (SSSR count). The fourth-order valence-corrected chi connectivity index (χ4v) is 5.95. The molecule has 2 aliphatic rings. The lowest BCUT2D eigenvalue weighted by atomic mass is 9.91.